The maximum atomic E-state index is 6.19. The quantitative estimate of drug-likeness (QED) is 0.642. The van der Waals surface area contributed by atoms with Crippen LogP contribution in [0.1, 0.15) is 38.6 Å². The van der Waals surface area contributed by atoms with Gasteiger partial charge < -0.3 is 0 Å². The third-order valence-electron chi connectivity index (χ3n) is 4.57. The maximum absolute atomic E-state index is 6.19. The summed E-state index contributed by atoms with van der Waals surface area (Å²) in [6.45, 7) is 9.18. The lowest BCUT2D eigenvalue weighted by molar-refractivity contribution is 0.423. The van der Waals surface area contributed by atoms with E-state index in [9.17, 15) is 0 Å². The Labute approximate surface area is 106 Å². The fourth-order valence-corrected chi connectivity index (χ4v) is 4.20. The molecule has 0 saturated heterocycles. The average Bonchev–Trinajstić information content (AvgIpc) is 2.54. The molecule has 1 saturated carbocycles. The zero-order valence-electron chi connectivity index (χ0n) is 10.2. The number of halogens is 1. The van der Waals surface area contributed by atoms with Crippen molar-refractivity contribution < 1.29 is 0 Å². The highest BCUT2D eigenvalue weighted by Gasteiger charge is 2.67. The van der Waals surface area contributed by atoms with Crippen LogP contribution < -0.4 is 11.3 Å². The van der Waals surface area contributed by atoms with E-state index in [0.29, 0.717) is 16.7 Å². The van der Waals surface area contributed by atoms with E-state index in [1.165, 1.54) is 0 Å². The molecule has 1 aromatic rings. The normalized spacial score (nSPS) is 24.4. The predicted octanol–water partition coefficient (Wildman–Crippen LogP) is 3.59. The summed E-state index contributed by atoms with van der Waals surface area (Å²) in [4.78, 5) is 1.16. The summed E-state index contributed by atoms with van der Waals surface area (Å²) >= 11 is 7.86. The van der Waals surface area contributed by atoms with Crippen LogP contribution in [0.15, 0.2) is 11.4 Å². The summed E-state index contributed by atoms with van der Waals surface area (Å²) in [7, 11) is 0. The fourth-order valence-electron chi connectivity index (χ4n) is 2.93. The summed E-state index contributed by atoms with van der Waals surface area (Å²) in [6.07, 6.45) is 0. The van der Waals surface area contributed by atoms with Crippen molar-refractivity contribution in [2.45, 2.75) is 33.7 Å². The smallest absolute Gasteiger partial charge is 0.0606 e. The van der Waals surface area contributed by atoms with Gasteiger partial charge in [-0.3, -0.25) is 11.3 Å². The second-order valence-electron chi connectivity index (χ2n) is 5.70. The van der Waals surface area contributed by atoms with Crippen molar-refractivity contribution in [3.63, 3.8) is 0 Å². The molecule has 0 amide bonds. The van der Waals surface area contributed by atoms with Gasteiger partial charge in [-0.2, -0.15) is 0 Å². The zero-order valence-corrected chi connectivity index (χ0v) is 11.7. The van der Waals surface area contributed by atoms with Crippen LogP contribution in [0.4, 0.5) is 0 Å². The number of rotatable bonds is 3. The Kier molecular flexibility index (Phi) is 2.86. The van der Waals surface area contributed by atoms with E-state index < -0.39 is 0 Å². The van der Waals surface area contributed by atoms with Gasteiger partial charge in [0.1, 0.15) is 0 Å². The summed E-state index contributed by atoms with van der Waals surface area (Å²) in [5.41, 5.74) is 3.55. The van der Waals surface area contributed by atoms with Crippen LogP contribution in [0, 0.1) is 16.7 Å². The molecule has 1 atom stereocenters. The molecule has 1 aliphatic carbocycles. The first-order chi connectivity index (χ1) is 7.34. The van der Waals surface area contributed by atoms with Gasteiger partial charge in [0.2, 0.25) is 0 Å². The minimum absolute atomic E-state index is 0.164. The highest BCUT2D eigenvalue weighted by molar-refractivity contribution is 7.10. The maximum Gasteiger partial charge on any atom is 0.0606 e. The van der Waals surface area contributed by atoms with E-state index in [-0.39, 0.29) is 6.04 Å². The van der Waals surface area contributed by atoms with Gasteiger partial charge in [0.15, 0.2) is 0 Å². The molecule has 0 aromatic carbocycles. The third-order valence-corrected chi connectivity index (χ3v) is 6.01. The summed E-state index contributed by atoms with van der Waals surface area (Å²) < 4.78 is 0. The van der Waals surface area contributed by atoms with Gasteiger partial charge in [0.25, 0.3) is 0 Å². The Morgan fingerprint density at radius 3 is 2.25 bits per heavy atom. The summed E-state index contributed by atoms with van der Waals surface area (Å²) in [5, 5.41) is 2.84. The molecule has 0 radical (unpaired) electrons. The third kappa shape index (κ3) is 1.53. The zero-order chi connectivity index (χ0) is 12.1. The van der Waals surface area contributed by atoms with E-state index in [1.807, 2.05) is 11.4 Å². The lowest BCUT2D eigenvalue weighted by Crippen LogP contribution is -2.30. The van der Waals surface area contributed by atoms with E-state index in [1.54, 1.807) is 11.3 Å². The number of thiophene rings is 1. The van der Waals surface area contributed by atoms with Gasteiger partial charge in [0, 0.05) is 4.88 Å². The van der Waals surface area contributed by atoms with Crippen LogP contribution >= 0.6 is 22.9 Å². The topological polar surface area (TPSA) is 38.0 Å². The first kappa shape index (κ1) is 12.4. The van der Waals surface area contributed by atoms with E-state index >= 15 is 0 Å². The van der Waals surface area contributed by atoms with Gasteiger partial charge >= 0.3 is 0 Å². The van der Waals surface area contributed by atoms with E-state index in [0.717, 1.165) is 9.90 Å². The molecule has 0 bridgehead atoms. The molecule has 1 heterocycles. The molecular weight excluding hydrogens is 240 g/mol. The number of nitrogens with one attached hydrogen (secondary N) is 1. The van der Waals surface area contributed by atoms with E-state index in [2.05, 4.69) is 33.1 Å². The second-order valence-corrected chi connectivity index (χ2v) is 7.05. The van der Waals surface area contributed by atoms with Crippen molar-refractivity contribution in [2.75, 3.05) is 0 Å². The first-order valence-corrected chi connectivity index (χ1v) is 6.79. The Hall–Kier alpha value is -0.0900. The lowest BCUT2D eigenvalue weighted by Gasteiger charge is -2.17. The molecule has 16 heavy (non-hydrogen) atoms. The Balaban J connectivity index is 2.31. The standard InChI is InChI=1S/C12H19ClN2S/c1-11(2)10(12(11,3)4)8(15-14)9-7(13)5-6-16-9/h5-6,8,10,15H,14H2,1-4H3. The van der Waals surface area contributed by atoms with Gasteiger partial charge in [-0.1, -0.05) is 39.3 Å². The van der Waals surface area contributed by atoms with Gasteiger partial charge in [-0.05, 0) is 28.2 Å². The molecular formula is C12H19ClN2S. The molecule has 0 spiro atoms. The van der Waals surface area contributed by atoms with Crippen LogP contribution in [0.25, 0.3) is 0 Å². The van der Waals surface area contributed by atoms with E-state index in [4.69, 9.17) is 17.4 Å². The molecule has 90 valence electrons. The van der Waals surface area contributed by atoms with Gasteiger partial charge in [0.05, 0.1) is 11.1 Å². The Morgan fingerprint density at radius 1 is 1.38 bits per heavy atom. The number of hydrazine groups is 1. The minimum Gasteiger partial charge on any atom is -0.271 e. The van der Waals surface area contributed by atoms with Gasteiger partial charge in [-0.25, -0.2) is 0 Å². The van der Waals surface area contributed by atoms with Crippen molar-refractivity contribution in [3.05, 3.63) is 21.3 Å². The van der Waals surface area contributed by atoms with Crippen molar-refractivity contribution in [2.24, 2.45) is 22.6 Å². The summed E-state index contributed by atoms with van der Waals surface area (Å²) in [6, 6.07) is 2.10. The SMILES string of the molecule is CC1(C)C(C(NN)c2sccc2Cl)C1(C)C. The number of nitrogens with two attached hydrogens (primary N) is 1. The van der Waals surface area contributed by atoms with Crippen molar-refractivity contribution >= 4 is 22.9 Å². The molecule has 1 aromatic heterocycles. The Morgan fingerprint density at radius 2 is 1.94 bits per heavy atom. The number of hydrogen-bond donors (Lipinski definition) is 2. The monoisotopic (exact) mass is 258 g/mol. The molecule has 4 heteroatoms. The first-order valence-electron chi connectivity index (χ1n) is 5.53. The molecule has 1 unspecified atom stereocenters. The van der Waals surface area contributed by atoms with Crippen LogP contribution in [0.2, 0.25) is 5.02 Å². The average molecular weight is 259 g/mol. The Bertz CT molecular complexity index is 383. The molecule has 0 aliphatic heterocycles. The summed E-state index contributed by atoms with van der Waals surface area (Å²) in [5.74, 6) is 6.24. The van der Waals surface area contributed by atoms with Crippen LogP contribution in [-0.4, -0.2) is 0 Å². The predicted molar refractivity (Wildman–Crippen MR) is 70.4 cm³/mol. The highest BCUT2D eigenvalue weighted by atomic mass is 35.5. The minimum atomic E-state index is 0.164. The van der Waals surface area contributed by atoms with Crippen molar-refractivity contribution in [1.82, 2.24) is 5.43 Å². The molecule has 1 aliphatic rings. The van der Waals surface area contributed by atoms with Crippen molar-refractivity contribution in [3.8, 4) is 0 Å². The molecule has 1 fully saturated rings. The lowest BCUT2D eigenvalue weighted by atomic mass is 10.0. The molecule has 3 N–H and O–H groups in total. The van der Waals surface area contributed by atoms with Gasteiger partial charge in [-0.15, -0.1) is 11.3 Å². The molecule has 2 nitrogen and oxygen atoms in total. The number of hydrogen-bond acceptors (Lipinski definition) is 3. The van der Waals surface area contributed by atoms with Crippen LogP contribution in [0.3, 0.4) is 0 Å². The van der Waals surface area contributed by atoms with Crippen LogP contribution in [0.5, 0.6) is 0 Å². The van der Waals surface area contributed by atoms with Crippen LogP contribution in [-0.2, 0) is 0 Å². The van der Waals surface area contributed by atoms with Crippen molar-refractivity contribution in [1.29, 1.82) is 0 Å². The largest absolute Gasteiger partial charge is 0.271 e. The molecule has 2 rings (SSSR count). The fraction of sp³-hybridized carbons (Fsp3) is 0.667. The second kappa shape index (κ2) is 3.70. The highest BCUT2D eigenvalue weighted by Crippen LogP contribution is 2.72.